The number of nitriles is 1. The van der Waals surface area contributed by atoms with E-state index in [1.807, 2.05) is 0 Å². The number of hydrogen-bond donors (Lipinski definition) is 0. The number of benzene rings is 1. The highest BCUT2D eigenvalue weighted by Gasteiger charge is 2.34. The van der Waals surface area contributed by atoms with Crippen molar-refractivity contribution < 1.29 is 22.0 Å². The topological polar surface area (TPSA) is 45.8 Å². The average molecular weight is 314 g/mol. The minimum absolute atomic E-state index is 0.0402. The van der Waals surface area contributed by atoms with Crippen LogP contribution in [0.15, 0.2) is 35.1 Å². The first-order valence-electron chi connectivity index (χ1n) is 5.89. The van der Waals surface area contributed by atoms with E-state index >= 15 is 0 Å². The second-order valence-electron chi connectivity index (χ2n) is 4.38. The summed E-state index contributed by atoms with van der Waals surface area (Å²) < 4.78 is 65.1. The molecule has 8 heteroatoms. The van der Waals surface area contributed by atoms with Gasteiger partial charge >= 0.3 is 6.18 Å². The third kappa shape index (κ3) is 2.98. The van der Waals surface area contributed by atoms with Crippen LogP contribution in [0.5, 0.6) is 0 Å². The van der Waals surface area contributed by atoms with E-state index in [9.17, 15) is 26.7 Å². The number of aromatic nitrogens is 1. The molecule has 0 fully saturated rings. The van der Waals surface area contributed by atoms with E-state index < -0.39 is 41.2 Å². The van der Waals surface area contributed by atoms with Crippen molar-refractivity contribution in [2.75, 3.05) is 0 Å². The lowest BCUT2D eigenvalue weighted by molar-refractivity contribution is -0.144. The zero-order valence-electron chi connectivity index (χ0n) is 10.8. The van der Waals surface area contributed by atoms with Crippen LogP contribution in [0.1, 0.15) is 16.8 Å². The molecule has 0 spiro atoms. The highest BCUT2D eigenvalue weighted by atomic mass is 19.4. The molecule has 0 saturated carbocycles. The number of hydrogen-bond acceptors (Lipinski definition) is 2. The molecule has 0 unspecified atom stereocenters. The molecule has 3 nitrogen and oxygen atoms in total. The van der Waals surface area contributed by atoms with Crippen LogP contribution in [0.3, 0.4) is 0 Å². The Morgan fingerprint density at radius 2 is 1.77 bits per heavy atom. The van der Waals surface area contributed by atoms with E-state index in [2.05, 4.69) is 0 Å². The summed E-state index contributed by atoms with van der Waals surface area (Å²) in [7, 11) is 0. The van der Waals surface area contributed by atoms with Crippen LogP contribution in [0.2, 0.25) is 0 Å². The van der Waals surface area contributed by atoms with Crippen LogP contribution in [0.4, 0.5) is 22.0 Å². The van der Waals surface area contributed by atoms with Gasteiger partial charge in [0.15, 0.2) is 11.6 Å². The van der Waals surface area contributed by atoms with Crippen molar-refractivity contribution in [3.8, 4) is 6.07 Å². The summed E-state index contributed by atoms with van der Waals surface area (Å²) in [5.41, 5.74) is -2.94. The van der Waals surface area contributed by atoms with Gasteiger partial charge in [0.05, 0.1) is 6.54 Å². The molecule has 0 aliphatic carbocycles. The molecule has 0 aliphatic heterocycles. The number of nitrogens with zero attached hydrogens (tertiary/aromatic N) is 2. The second-order valence-corrected chi connectivity index (χ2v) is 4.38. The summed E-state index contributed by atoms with van der Waals surface area (Å²) in [6.07, 6.45) is -4.83. The van der Waals surface area contributed by atoms with Crippen LogP contribution >= 0.6 is 0 Å². The first-order chi connectivity index (χ1) is 10.2. The molecule has 0 aliphatic rings. The average Bonchev–Trinajstić information content (AvgIpc) is 2.43. The van der Waals surface area contributed by atoms with E-state index in [0.717, 1.165) is 18.2 Å². The van der Waals surface area contributed by atoms with Gasteiger partial charge in [0, 0.05) is 0 Å². The molecule has 0 saturated heterocycles. The lowest BCUT2D eigenvalue weighted by Crippen LogP contribution is -2.30. The van der Waals surface area contributed by atoms with Crippen LogP contribution < -0.4 is 5.56 Å². The van der Waals surface area contributed by atoms with Crippen molar-refractivity contribution in [1.82, 2.24) is 4.57 Å². The molecule has 2 rings (SSSR count). The Hall–Kier alpha value is -2.69. The molecule has 1 aromatic heterocycles. The third-order valence-electron chi connectivity index (χ3n) is 2.91. The van der Waals surface area contributed by atoms with E-state index in [1.54, 1.807) is 0 Å². The number of rotatable bonds is 2. The van der Waals surface area contributed by atoms with Crippen molar-refractivity contribution in [3.05, 3.63) is 69.1 Å². The van der Waals surface area contributed by atoms with Gasteiger partial charge in [-0.15, -0.1) is 0 Å². The van der Waals surface area contributed by atoms with Gasteiger partial charge in [0.2, 0.25) is 0 Å². The fourth-order valence-corrected chi connectivity index (χ4v) is 1.89. The fraction of sp³-hybridized carbons (Fsp3) is 0.143. The molecule has 1 aromatic carbocycles. The molecular formula is C14H7F5N2O. The zero-order valence-corrected chi connectivity index (χ0v) is 10.8. The maximum absolute atomic E-state index is 13.1. The Balaban J connectivity index is 2.60. The second kappa shape index (κ2) is 5.60. The molecular weight excluding hydrogens is 307 g/mol. The predicted octanol–water partition coefficient (Wildman–Crippen LogP) is 3.07. The molecule has 2 aromatic rings. The quantitative estimate of drug-likeness (QED) is 0.800. The van der Waals surface area contributed by atoms with Gasteiger partial charge in [-0.25, -0.2) is 8.78 Å². The summed E-state index contributed by atoms with van der Waals surface area (Å²) in [4.78, 5) is 11.9. The van der Waals surface area contributed by atoms with Gasteiger partial charge in [-0.05, 0) is 29.8 Å². The first kappa shape index (κ1) is 15.7. The van der Waals surface area contributed by atoms with Gasteiger partial charge in [-0.2, -0.15) is 18.4 Å². The highest BCUT2D eigenvalue weighted by Crippen LogP contribution is 2.28. The molecule has 22 heavy (non-hydrogen) atoms. The van der Waals surface area contributed by atoms with Crippen molar-refractivity contribution in [1.29, 1.82) is 5.26 Å². The van der Waals surface area contributed by atoms with Gasteiger partial charge in [-0.3, -0.25) is 9.36 Å². The van der Waals surface area contributed by atoms with Crippen molar-refractivity contribution in [2.24, 2.45) is 0 Å². The zero-order chi connectivity index (χ0) is 16.5. The largest absolute Gasteiger partial charge is 0.431 e. The highest BCUT2D eigenvalue weighted by molar-refractivity contribution is 5.30. The van der Waals surface area contributed by atoms with Gasteiger partial charge in [0.25, 0.3) is 5.56 Å². The third-order valence-corrected chi connectivity index (χ3v) is 2.91. The number of alkyl halides is 3. The molecule has 0 bridgehead atoms. The molecule has 0 amide bonds. The number of halogens is 5. The number of pyridine rings is 1. The van der Waals surface area contributed by atoms with E-state index in [0.29, 0.717) is 16.7 Å². The van der Waals surface area contributed by atoms with E-state index in [-0.39, 0.29) is 5.56 Å². The summed E-state index contributed by atoms with van der Waals surface area (Å²) in [6, 6.07) is 5.36. The molecule has 0 radical (unpaired) electrons. The molecule has 0 N–H and O–H groups in total. The Morgan fingerprint density at radius 1 is 1.09 bits per heavy atom. The van der Waals surface area contributed by atoms with Gasteiger partial charge < -0.3 is 0 Å². The minimum atomic E-state index is -4.83. The summed E-state index contributed by atoms with van der Waals surface area (Å²) in [5.74, 6) is -2.39. The normalized spacial score (nSPS) is 11.3. The van der Waals surface area contributed by atoms with Crippen LogP contribution in [-0.4, -0.2) is 4.57 Å². The standard InChI is InChI=1S/C14H7F5N2O/c15-10-3-1-8(5-11(10)16)7-21-12(14(17,18)19)4-2-9(6-20)13(21)22/h1-5H,7H2. The molecule has 1 heterocycles. The molecule has 114 valence electrons. The Labute approximate surface area is 120 Å². The SMILES string of the molecule is N#Cc1ccc(C(F)(F)F)n(Cc2ccc(F)c(F)c2)c1=O. The van der Waals surface area contributed by atoms with Gasteiger partial charge in [0.1, 0.15) is 17.3 Å². The van der Waals surface area contributed by atoms with Crippen LogP contribution in [0, 0.1) is 23.0 Å². The lowest BCUT2D eigenvalue weighted by Gasteiger charge is -2.15. The maximum atomic E-state index is 13.1. The first-order valence-corrected chi connectivity index (χ1v) is 5.89. The molecule has 0 atom stereocenters. The monoisotopic (exact) mass is 314 g/mol. The predicted molar refractivity (Wildman–Crippen MR) is 65.9 cm³/mol. The lowest BCUT2D eigenvalue weighted by atomic mass is 10.2. The summed E-state index contributed by atoms with van der Waals surface area (Å²) >= 11 is 0. The Morgan fingerprint density at radius 3 is 2.32 bits per heavy atom. The van der Waals surface area contributed by atoms with Crippen molar-refractivity contribution in [2.45, 2.75) is 12.7 Å². The maximum Gasteiger partial charge on any atom is 0.431 e. The van der Waals surface area contributed by atoms with E-state index in [1.165, 1.54) is 6.07 Å². The van der Waals surface area contributed by atoms with Crippen LogP contribution in [0.25, 0.3) is 0 Å². The smallest absolute Gasteiger partial charge is 0.299 e. The van der Waals surface area contributed by atoms with Crippen molar-refractivity contribution in [3.63, 3.8) is 0 Å². The summed E-state index contributed by atoms with van der Waals surface area (Å²) in [6.45, 7) is -0.638. The van der Waals surface area contributed by atoms with Crippen LogP contribution in [-0.2, 0) is 12.7 Å². The van der Waals surface area contributed by atoms with E-state index in [4.69, 9.17) is 5.26 Å². The minimum Gasteiger partial charge on any atom is -0.299 e. The Bertz CT molecular complexity index is 817. The van der Waals surface area contributed by atoms with Crippen molar-refractivity contribution >= 4 is 0 Å². The summed E-state index contributed by atoms with van der Waals surface area (Å²) in [5, 5.41) is 8.73. The Kier molecular flexibility index (Phi) is 3.99. The fourth-order valence-electron chi connectivity index (χ4n) is 1.89. The van der Waals surface area contributed by atoms with Gasteiger partial charge in [-0.1, -0.05) is 6.07 Å².